The van der Waals surface area contributed by atoms with E-state index in [1.165, 1.54) is 6.07 Å². The minimum atomic E-state index is -1.97. The number of hydrogen-bond donors (Lipinski definition) is 5. The van der Waals surface area contributed by atoms with E-state index in [0.29, 0.717) is 0 Å². The van der Waals surface area contributed by atoms with Gasteiger partial charge in [-0.1, -0.05) is 11.6 Å². The molecule has 0 saturated heterocycles. The molecule has 1 unspecified atom stereocenters. The lowest BCUT2D eigenvalue weighted by Gasteiger charge is -2.27. The Morgan fingerprint density at radius 3 is 2.37 bits per heavy atom. The molecule has 0 aliphatic carbocycles. The van der Waals surface area contributed by atoms with Crippen molar-refractivity contribution in [3.63, 3.8) is 0 Å². The van der Waals surface area contributed by atoms with Gasteiger partial charge >= 0.3 is 0 Å². The molecule has 0 radical (unpaired) electrons. The maximum atomic E-state index is 12.1. The molecule has 0 spiro atoms. The van der Waals surface area contributed by atoms with Crippen LogP contribution in [0.4, 0.5) is 0 Å². The van der Waals surface area contributed by atoms with Gasteiger partial charge < -0.3 is 21.1 Å². The van der Waals surface area contributed by atoms with Crippen LogP contribution in [0.2, 0.25) is 4.34 Å². The Balaban J connectivity index is 3.04. The van der Waals surface area contributed by atoms with E-state index in [2.05, 4.69) is 4.72 Å². The number of hydrogen-bond acceptors (Lipinski definition) is 6. The van der Waals surface area contributed by atoms with Crippen LogP contribution in [0.15, 0.2) is 11.0 Å². The first-order valence-corrected chi connectivity index (χ1v) is 7.35. The Kier molecular flexibility index (Phi) is 5.86. The van der Waals surface area contributed by atoms with Crippen molar-refractivity contribution < 1.29 is 24.3 Å². The van der Waals surface area contributed by atoms with Gasteiger partial charge in [0.25, 0.3) is 5.91 Å². The third-order valence-corrected chi connectivity index (χ3v) is 5.06. The van der Waals surface area contributed by atoms with Gasteiger partial charge in [0.05, 0.1) is 34.6 Å². The summed E-state index contributed by atoms with van der Waals surface area (Å²) < 4.78 is 14.7. The number of thiophene rings is 1. The van der Waals surface area contributed by atoms with Crippen molar-refractivity contribution >= 4 is 39.8 Å². The molecule has 19 heavy (non-hydrogen) atoms. The predicted octanol–water partition coefficient (Wildman–Crippen LogP) is -1.17. The van der Waals surface area contributed by atoms with Gasteiger partial charge in [-0.05, 0) is 6.07 Å². The fourth-order valence-electron chi connectivity index (χ4n) is 1.15. The first-order chi connectivity index (χ1) is 8.89. The Bertz CT molecular complexity index is 481. The molecule has 0 bridgehead atoms. The number of aliphatic hydroxyl groups excluding tert-OH is 3. The standard InChI is InChI=1S/C9H13ClN2O5S2/c10-6-1-5(7(18-6)8(11)16)19(17)12-9(2-13,3-14)4-15/h1,12-15H,2-4H2,(H2,11,16). The maximum absolute atomic E-state index is 12.1. The average molecular weight is 329 g/mol. The molecular formula is C9H13ClN2O5S2. The fourth-order valence-corrected chi connectivity index (χ4v) is 3.81. The molecule has 0 aliphatic heterocycles. The van der Waals surface area contributed by atoms with Gasteiger partial charge in [-0.15, -0.1) is 11.3 Å². The number of rotatable bonds is 7. The maximum Gasteiger partial charge on any atom is 0.260 e. The van der Waals surface area contributed by atoms with Crippen molar-refractivity contribution in [2.45, 2.75) is 10.4 Å². The molecule has 1 aromatic rings. The third kappa shape index (κ3) is 3.72. The molecular weight excluding hydrogens is 316 g/mol. The summed E-state index contributed by atoms with van der Waals surface area (Å²) >= 11 is 6.60. The second kappa shape index (κ2) is 6.75. The van der Waals surface area contributed by atoms with E-state index in [-0.39, 0.29) is 14.1 Å². The molecule has 0 saturated carbocycles. The van der Waals surface area contributed by atoms with Gasteiger partial charge in [0.2, 0.25) is 0 Å². The van der Waals surface area contributed by atoms with Gasteiger partial charge in [0.15, 0.2) is 0 Å². The molecule has 1 heterocycles. The first kappa shape index (κ1) is 16.5. The quantitative estimate of drug-likeness (QED) is 0.430. The van der Waals surface area contributed by atoms with Crippen LogP contribution in [0.5, 0.6) is 0 Å². The summed E-state index contributed by atoms with van der Waals surface area (Å²) in [6, 6.07) is 1.30. The molecule has 0 aliphatic rings. The van der Waals surface area contributed by atoms with Crippen molar-refractivity contribution in [1.82, 2.24) is 4.72 Å². The van der Waals surface area contributed by atoms with E-state index in [1.807, 2.05) is 0 Å². The van der Waals surface area contributed by atoms with E-state index in [9.17, 15) is 9.00 Å². The van der Waals surface area contributed by atoms with Gasteiger partial charge in [-0.25, -0.2) is 8.93 Å². The van der Waals surface area contributed by atoms with Gasteiger partial charge in [-0.2, -0.15) is 0 Å². The topological polar surface area (TPSA) is 133 Å². The van der Waals surface area contributed by atoms with E-state index in [0.717, 1.165) is 11.3 Å². The number of carbonyl (C=O) groups is 1. The summed E-state index contributed by atoms with van der Waals surface area (Å²) in [5, 5.41) is 27.4. The Hall–Kier alpha value is -0.550. The van der Waals surface area contributed by atoms with Crippen LogP contribution in [-0.2, 0) is 11.0 Å². The number of carbonyl (C=O) groups excluding carboxylic acids is 1. The molecule has 1 rings (SSSR count). The van der Waals surface area contributed by atoms with Crippen LogP contribution in [0.25, 0.3) is 0 Å². The molecule has 7 nitrogen and oxygen atoms in total. The second-order valence-corrected chi connectivity index (χ2v) is 6.60. The summed E-state index contributed by atoms with van der Waals surface area (Å²) in [5.41, 5.74) is 3.60. The van der Waals surface area contributed by atoms with Crippen LogP contribution < -0.4 is 10.5 Å². The number of primary amides is 1. The molecule has 108 valence electrons. The summed E-state index contributed by atoms with van der Waals surface area (Å²) in [5.74, 6) is -0.787. The van der Waals surface area contributed by atoms with Gasteiger partial charge in [0.1, 0.15) is 15.9 Å². The molecule has 1 amide bonds. The fraction of sp³-hybridized carbons (Fsp3) is 0.444. The number of halogens is 1. The lowest BCUT2D eigenvalue weighted by atomic mass is 10.1. The third-order valence-electron chi connectivity index (χ3n) is 2.31. The zero-order valence-electron chi connectivity index (χ0n) is 9.63. The lowest BCUT2D eigenvalue weighted by molar-refractivity contribution is 0.0592. The summed E-state index contributed by atoms with van der Waals surface area (Å²) in [6.45, 7) is -1.93. The Morgan fingerprint density at radius 1 is 1.42 bits per heavy atom. The molecule has 10 heteroatoms. The molecule has 1 aromatic heterocycles. The van der Waals surface area contributed by atoms with Crippen LogP contribution in [0.3, 0.4) is 0 Å². The molecule has 6 N–H and O–H groups in total. The second-order valence-electron chi connectivity index (χ2n) is 3.73. The molecule has 0 fully saturated rings. The van der Waals surface area contributed by atoms with Gasteiger partial charge in [-0.3, -0.25) is 4.79 Å². The van der Waals surface area contributed by atoms with Crippen molar-refractivity contribution in [1.29, 1.82) is 0 Å². The van der Waals surface area contributed by atoms with Crippen LogP contribution in [0, 0.1) is 0 Å². The highest BCUT2D eigenvalue weighted by molar-refractivity contribution is 7.83. The summed E-state index contributed by atoms with van der Waals surface area (Å²) in [6.07, 6.45) is 0. The van der Waals surface area contributed by atoms with Crippen LogP contribution in [-0.4, -0.2) is 50.8 Å². The zero-order valence-corrected chi connectivity index (χ0v) is 12.0. The van der Waals surface area contributed by atoms with Gasteiger partial charge in [0, 0.05) is 0 Å². The van der Waals surface area contributed by atoms with E-state index in [4.69, 9.17) is 32.7 Å². The average Bonchev–Trinajstić information content (AvgIpc) is 2.78. The number of amides is 1. The van der Waals surface area contributed by atoms with E-state index in [1.54, 1.807) is 0 Å². The lowest BCUT2D eigenvalue weighted by Crippen LogP contribution is -2.55. The van der Waals surface area contributed by atoms with Crippen molar-refractivity contribution in [2.24, 2.45) is 5.73 Å². The van der Waals surface area contributed by atoms with Crippen molar-refractivity contribution in [3.05, 3.63) is 15.3 Å². The zero-order chi connectivity index (χ0) is 14.6. The minimum Gasteiger partial charge on any atom is -0.394 e. The largest absolute Gasteiger partial charge is 0.394 e. The number of nitrogens with one attached hydrogen (secondary N) is 1. The Morgan fingerprint density at radius 2 is 1.95 bits per heavy atom. The minimum absolute atomic E-state index is 0.0125. The number of nitrogens with two attached hydrogens (primary N) is 1. The predicted molar refractivity (Wildman–Crippen MR) is 71.4 cm³/mol. The first-order valence-electron chi connectivity index (χ1n) is 5.00. The molecule has 1 atom stereocenters. The summed E-state index contributed by atoms with van der Waals surface area (Å²) in [4.78, 5) is 11.2. The van der Waals surface area contributed by atoms with Crippen molar-refractivity contribution in [2.75, 3.05) is 19.8 Å². The highest BCUT2D eigenvalue weighted by Crippen LogP contribution is 2.28. The van der Waals surface area contributed by atoms with Crippen molar-refractivity contribution in [3.8, 4) is 0 Å². The smallest absolute Gasteiger partial charge is 0.260 e. The highest BCUT2D eigenvalue weighted by Gasteiger charge is 2.32. The van der Waals surface area contributed by atoms with Crippen LogP contribution >= 0.6 is 22.9 Å². The number of aliphatic hydroxyl groups is 3. The summed E-state index contributed by atoms with van der Waals surface area (Å²) in [7, 11) is -1.97. The monoisotopic (exact) mass is 328 g/mol. The van der Waals surface area contributed by atoms with Crippen LogP contribution in [0.1, 0.15) is 9.67 Å². The SMILES string of the molecule is NC(=O)c1sc(Cl)cc1S(=O)NC(CO)(CO)CO. The normalized spacial score (nSPS) is 13.5. The molecule has 0 aromatic carbocycles. The Labute approximate surface area is 120 Å². The van der Waals surface area contributed by atoms with E-state index >= 15 is 0 Å². The highest BCUT2D eigenvalue weighted by atomic mass is 35.5. The van der Waals surface area contributed by atoms with E-state index < -0.39 is 42.3 Å².